The fourth-order valence-electron chi connectivity index (χ4n) is 2.09. The van der Waals surface area contributed by atoms with Gasteiger partial charge < -0.3 is 9.72 Å². The summed E-state index contributed by atoms with van der Waals surface area (Å²) in [6, 6.07) is 8.08. The van der Waals surface area contributed by atoms with Crippen molar-refractivity contribution >= 4 is 12.2 Å². The van der Waals surface area contributed by atoms with Crippen LogP contribution in [-0.4, -0.2) is 16.2 Å². The molecule has 0 unspecified atom stereocenters. The highest BCUT2D eigenvalue weighted by atomic mass is 32.1. The molecule has 0 aliphatic carbocycles. The Morgan fingerprint density at radius 3 is 2.40 bits per heavy atom. The van der Waals surface area contributed by atoms with Crippen molar-refractivity contribution < 1.29 is 4.74 Å². The third kappa shape index (κ3) is 3.12. The van der Waals surface area contributed by atoms with E-state index >= 15 is 0 Å². The van der Waals surface area contributed by atoms with Gasteiger partial charge in [0.05, 0.1) is 6.61 Å². The van der Waals surface area contributed by atoms with Crippen LogP contribution in [0, 0.1) is 4.77 Å². The fraction of sp³-hybridized carbons (Fsp3) is 0.438. The van der Waals surface area contributed by atoms with Gasteiger partial charge in [-0.05, 0) is 42.9 Å². The molecule has 4 heteroatoms. The van der Waals surface area contributed by atoms with Crippen LogP contribution in [-0.2, 0) is 5.41 Å². The Labute approximate surface area is 125 Å². The van der Waals surface area contributed by atoms with Crippen molar-refractivity contribution in [3.63, 3.8) is 0 Å². The van der Waals surface area contributed by atoms with E-state index in [9.17, 15) is 0 Å². The van der Waals surface area contributed by atoms with Crippen LogP contribution in [0.3, 0.4) is 0 Å². The van der Waals surface area contributed by atoms with Crippen molar-refractivity contribution in [1.29, 1.82) is 0 Å². The van der Waals surface area contributed by atoms with Gasteiger partial charge in [-0.15, -0.1) is 0 Å². The van der Waals surface area contributed by atoms with Gasteiger partial charge in [-0.3, -0.25) is 4.57 Å². The number of benzene rings is 1. The Bertz CT molecular complexity index is 617. The van der Waals surface area contributed by atoms with Gasteiger partial charge in [0.2, 0.25) is 0 Å². The Hall–Kier alpha value is -1.55. The van der Waals surface area contributed by atoms with Gasteiger partial charge in [0.1, 0.15) is 5.75 Å². The number of hydrogen-bond acceptors (Lipinski definition) is 2. The number of nitrogens with one attached hydrogen (secondary N) is 1. The molecule has 0 amide bonds. The van der Waals surface area contributed by atoms with Gasteiger partial charge in [-0.25, -0.2) is 0 Å². The van der Waals surface area contributed by atoms with Crippen LogP contribution < -0.4 is 4.74 Å². The summed E-state index contributed by atoms with van der Waals surface area (Å²) >= 11 is 5.40. The molecular weight excluding hydrogens is 268 g/mol. The number of nitrogens with zero attached hydrogens (tertiary/aromatic N) is 1. The molecule has 2 rings (SSSR count). The van der Waals surface area contributed by atoms with Crippen molar-refractivity contribution in [3.05, 3.63) is 40.9 Å². The first-order valence-corrected chi connectivity index (χ1v) is 7.38. The Balaban J connectivity index is 2.37. The van der Waals surface area contributed by atoms with Gasteiger partial charge >= 0.3 is 0 Å². The number of rotatable bonds is 4. The van der Waals surface area contributed by atoms with E-state index in [1.54, 1.807) is 0 Å². The summed E-state index contributed by atoms with van der Waals surface area (Å²) in [5.74, 6) is 0.898. The first kappa shape index (κ1) is 14.9. The van der Waals surface area contributed by atoms with Crippen LogP contribution in [0.2, 0.25) is 0 Å². The van der Waals surface area contributed by atoms with Crippen molar-refractivity contribution in [1.82, 2.24) is 9.55 Å². The summed E-state index contributed by atoms with van der Waals surface area (Å²) in [4.78, 5) is 3.14. The van der Waals surface area contributed by atoms with E-state index in [-0.39, 0.29) is 5.41 Å². The second-order valence-electron chi connectivity index (χ2n) is 5.91. The number of hydrogen-bond donors (Lipinski definition) is 1. The second kappa shape index (κ2) is 5.83. The standard InChI is InChI=1S/C16H22N2OS/c1-5-10-19-13-8-6-12(7-9-13)18-14(16(2,3)4)11-17-15(18)20/h6-9,11H,5,10H2,1-4H3,(H,17,20). The number of H-pyrrole nitrogens is 1. The van der Waals surface area contributed by atoms with Crippen LogP contribution in [0.4, 0.5) is 0 Å². The third-order valence-electron chi connectivity index (χ3n) is 3.11. The second-order valence-corrected chi connectivity index (χ2v) is 6.29. The molecule has 1 aromatic heterocycles. The van der Waals surface area contributed by atoms with Crippen LogP contribution in [0.15, 0.2) is 30.5 Å². The van der Waals surface area contributed by atoms with Gasteiger partial charge in [-0.2, -0.15) is 0 Å². The molecule has 0 bridgehead atoms. The number of imidazole rings is 1. The number of aromatic amines is 1. The van der Waals surface area contributed by atoms with Crippen molar-refractivity contribution in [2.24, 2.45) is 0 Å². The van der Waals surface area contributed by atoms with Crippen molar-refractivity contribution in [2.45, 2.75) is 39.5 Å². The molecule has 2 aromatic rings. The maximum absolute atomic E-state index is 5.61. The van der Waals surface area contributed by atoms with Gasteiger partial charge in [0, 0.05) is 23.0 Å². The minimum Gasteiger partial charge on any atom is -0.494 e. The van der Waals surface area contributed by atoms with E-state index < -0.39 is 0 Å². The normalized spacial score (nSPS) is 11.6. The molecule has 0 atom stereocenters. The Kier molecular flexibility index (Phi) is 4.33. The third-order valence-corrected chi connectivity index (χ3v) is 3.41. The molecule has 1 N–H and O–H groups in total. The van der Waals surface area contributed by atoms with E-state index in [4.69, 9.17) is 17.0 Å². The highest BCUT2D eigenvalue weighted by Gasteiger charge is 2.20. The molecule has 0 spiro atoms. The first-order chi connectivity index (χ1) is 9.43. The van der Waals surface area contributed by atoms with Crippen LogP contribution >= 0.6 is 12.2 Å². The lowest BCUT2D eigenvalue weighted by Crippen LogP contribution is -2.16. The van der Waals surface area contributed by atoms with E-state index in [2.05, 4.69) is 37.2 Å². The zero-order valence-corrected chi connectivity index (χ0v) is 13.4. The molecule has 0 saturated carbocycles. The molecule has 0 fully saturated rings. The monoisotopic (exact) mass is 290 g/mol. The average Bonchev–Trinajstić information content (AvgIpc) is 2.79. The predicted octanol–water partition coefficient (Wildman–Crippen LogP) is 4.62. The lowest BCUT2D eigenvalue weighted by molar-refractivity contribution is 0.317. The molecule has 0 aliphatic heterocycles. The summed E-state index contributed by atoms with van der Waals surface area (Å²) in [5, 5.41) is 0. The highest BCUT2D eigenvalue weighted by molar-refractivity contribution is 7.71. The molecule has 0 saturated heterocycles. The lowest BCUT2D eigenvalue weighted by atomic mass is 9.92. The molecule has 0 radical (unpaired) electrons. The first-order valence-electron chi connectivity index (χ1n) is 6.97. The van der Waals surface area contributed by atoms with Crippen LogP contribution in [0.25, 0.3) is 5.69 Å². The zero-order chi connectivity index (χ0) is 14.8. The quantitative estimate of drug-likeness (QED) is 0.833. The lowest BCUT2D eigenvalue weighted by Gasteiger charge is -2.20. The SMILES string of the molecule is CCCOc1ccc(-n2c(C(C)(C)C)c[nH]c2=S)cc1. The molecule has 1 aromatic carbocycles. The summed E-state index contributed by atoms with van der Waals surface area (Å²) in [6.45, 7) is 9.39. The summed E-state index contributed by atoms with van der Waals surface area (Å²) in [6.07, 6.45) is 3.00. The molecule has 108 valence electrons. The van der Waals surface area contributed by atoms with E-state index in [0.717, 1.165) is 29.2 Å². The van der Waals surface area contributed by atoms with E-state index in [1.807, 2.05) is 30.5 Å². The van der Waals surface area contributed by atoms with Crippen LogP contribution in [0.5, 0.6) is 5.75 Å². The molecule has 20 heavy (non-hydrogen) atoms. The summed E-state index contributed by atoms with van der Waals surface area (Å²) in [7, 11) is 0. The van der Waals surface area contributed by atoms with Gasteiger partial charge in [-0.1, -0.05) is 27.7 Å². The summed E-state index contributed by atoms with van der Waals surface area (Å²) < 4.78 is 8.41. The molecule has 1 heterocycles. The fourth-order valence-corrected chi connectivity index (χ4v) is 2.35. The van der Waals surface area contributed by atoms with Gasteiger partial charge in [0.15, 0.2) is 4.77 Å². The number of aromatic nitrogens is 2. The van der Waals surface area contributed by atoms with Gasteiger partial charge in [0.25, 0.3) is 0 Å². The summed E-state index contributed by atoms with van der Waals surface area (Å²) in [5.41, 5.74) is 2.26. The highest BCUT2D eigenvalue weighted by Crippen LogP contribution is 2.26. The maximum Gasteiger partial charge on any atom is 0.182 e. The van der Waals surface area contributed by atoms with E-state index in [1.165, 1.54) is 5.69 Å². The number of ether oxygens (including phenoxy) is 1. The maximum atomic E-state index is 5.61. The largest absolute Gasteiger partial charge is 0.494 e. The van der Waals surface area contributed by atoms with Crippen molar-refractivity contribution in [2.75, 3.05) is 6.61 Å². The Morgan fingerprint density at radius 2 is 1.85 bits per heavy atom. The van der Waals surface area contributed by atoms with E-state index in [0.29, 0.717) is 0 Å². The Morgan fingerprint density at radius 1 is 1.20 bits per heavy atom. The topological polar surface area (TPSA) is 29.9 Å². The minimum atomic E-state index is 0.0327. The average molecular weight is 290 g/mol. The van der Waals surface area contributed by atoms with Crippen molar-refractivity contribution in [3.8, 4) is 11.4 Å². The molecular formula is C16H22N2OS. The zero-order valence-electron chi connectivity index (χ0n) is 12.6. The minimum absolute atomic E-state index is 0.0327. The molecule has 3 nitrogen and oxygen atoms in total. The smallest absolute Gasteiger partial charge is 0.182 e. The molecule has 0 aliphatic rings. The predicted molar refractivity (Wildman–Crippen MR) is 85.4 cm³/mol. The van der Waals surface area contributed by atoms with Crippen LogP contribution in [0.1, 0.15) is 39.8 Å².